The number of hydrogen-bond acceptors (Lipinski definition) is 2. The average Bonchev–Trinajstić information content (AvgIpc) is 2.48. The standard InChI is InChI=1S/C16H22N2O2/c1-3-17(4-2)15(19)11-16(20)18-10-9-13-7-5-6-8-14(13)12-18/h5-8H,3-4,9-12H2,1-2H3. The van der Waals surface area contributed by atoms with E-state index < -0.39 is 0 Å². The number of fused-ring (bicyclic) bond motifs is 1. The summed E-state index contributed by atoms with van der Waals surface area (Å²) in [6.07, 6.45) is 0.866. The molecule has 2 rings (SSSR count). The highest BCUT2D eigenvalue weighted by atomic mass is 16.2. The van der Waals surface area contributed by atoms with Crippen LogP contribution in [0.1, 0.15) is 31.4 Å². The second kappa shape index (κ2) is 6.55. The van der Waals surface area contributed by atoms with Crippen LogP contribution in [0.15, 0.2) is 24.3 Å². The van der Waals surface area contributed by atoms with Crippen molar-refractivity contribution in [1.82, 2.24) is 9.80 Å². The molecule has 0 unspecified atom stereocenters. The van der Waals surface area contributed by atoms with Gasteiger partial charge in [-0.15, -0.1) is 0 Å². The van der Waals surface area contributed by atoms with Crippen LogP contribution in [0.4, 0.5) is 0 Å². The third kappa shape index (κ3) is 3.18. The zero-order valence-electron chi connectivity index (χ0n) is 12.3. The van der Waals surface area contributed by atoms with E-state index in [1.165, 1.54) is 11.1 Å². The number of amides is 2. The lowest BCUT2D eigenvalue weighted by Crippen LogP contribution is -2.40. The Morgan fingerprint density at radius 1 is 1.15 bits per heavy atom. The molecule has 1 aromatic rings. The van der Waals surface area contributed by atoms with Crippen LogP contribution >= 0.6 is 0 Å². The van der Waals surface area contributed by atoms with E-state index in [1.807, 2.05) is 26.0 Å². The Morgan fingerprint density at radius 3 is 2.45 bits per heavy atom. The fraction of sp³-hybridized carbons (Fsp3) is 0.500. The number of nitrogens with zero attached hydrogens (tertiary/aromatic N) is 2. The molecular weight excluding hydrogens is 252 g/mol. The van der Waals surface area contributed by atoms with Gasteiger partial charge in [0.25, 0.3) is 0 Å². The fourth-order valence-corrected chi connectivity index (χ4v) is 2.64. The molecule has 0 N–H and O–H groups in total. The van der Waals surface area contributed by atoms with Gasteiger partial charge in [0.2, 0.25) is 11.8 Å². The number of benzene rings is 1. The molecule has 0 spiro atoms. The van der Waals surface area contributed by atoms with Crippen molar-refractivity contribution in [2.45, 2.75) is 33.2 Å². The van der Waals surface area contributed by atoms with Gasteiger partial charge in [-0.1, -0.05) is 24.3 Å². The van der Waals surface area contributed by atoms with Gasteiger partial charge in [0.15, 0.2) is 0 Å². The summed E-state index contributed by atoms with van der Waals surface area (Å²) >= 11 is 0. The summed E-state index contributed by atoms with van der Waals surface area (Å²) in [4.78, 5) is 27.7. The maximum atomic E-state index is 12.2. The van der Waals surface area contributed by atoms with Crippen LogP contribution in [0, 0.1) is 0 Å². The van der Waals surface area contributed by atoms with E-state index in [4.69, 9.17) is 0 Å². The third-order valence-electron chi connectivity index (χ3n) is 3.90. The molecule has 20 heavy (non-hydrogen) atoms. The van der Waals surface area contributed by atoms with Gasteiger partial charge in [0.1, 0.15) is 6.42 Å². The molecule has 0 radical (unpaired) electrons. The van der Waals surface area contributed by atoms with E-state index in [2.05, 4.69) is 12.1 Å². The molecule has 1 heterocycles. The normalized spacial score (nSPS) is 13.8. The first-order valence-electron chi connectivity index (χ1n) is 7.28. The van der Waals surface area contributed by atoms with Crippen LogP contribution in [0.5, 0.6) is 0 Å². The van der Waals surface area contributed by atoms with Crippen molar-refractivity contribution in [2.75, 3.05) is 19.6 Å². The van der Waals surface area contributed by atoms with E-state index in [1.54, 1.807) is 9.80 Å². The minimum Gasteiger partial charge on any atom is -0.343 e. The molecular formula is C16H22N2O2. The molecule has 4 heteroatoms. The monoisotopic (exact) mass is 274 g/mol. The van der Waals surface area contributed by atoms with Gasteiger partial charge in [-0.3, -0.25) is 9.59 Å². The van der Waals surface area contributed by atoms with Crippen molar-refractivity contribution in [1.29, 1.82) is 0 Å². The first-order chi connectivity index (χ1) is 9.65. The number of carbonyl (C=O) groups is 2. The fourth-order valence-electron chi connectivity index (χ4n) is 2.64. The summed E-state index contributed by atoms with van der Waals surface area (Å²) in [6, 6.07) is 8.19. The minimum atomic E-state index is -0.0705. The van der Waals surface area contributed by atoms with Crippen LogP contribution in [-0.2, 0) is 22.6 Å². The van der Waals surface area contributed by atoms with Crippen molar-refractivity contribution in [3.8, 4) is 0 Å². The Labute approximate surface area is 120 Å². The Hall–Kier alpha value is -1.84. The highest BCUT2D eigenvalue weighted by Crippen LogP contribution is 2.19. The molecule has 108 valence electrons. The second-order valence-electron chi connectivity index (χ2n) is 5.08. The zero-order valence-corrected chi connectivity index (χ0v) is 12.3. The van der Waals surface area contributed by atoms with Crippen molar-refractivity contribution >= 4 is 11.8 Å². The summed E-state index contributed by atoms with van der Waals surface area (Å²) in [5.41, 5.74) is 2.51. The number of carbonyl (C=O) groups excluding carboxylic acids is 2. The van der Waals surface area contributed by atoms with Crippen molar-refractivity contribution in [3.63, 3.8) is 0 Å². The molecule has 2 amide bonds. The Balaban J connectivity index is 1.96. The first kappa shape index (κ1) is 14.6. The first-order valence-corrected chi connectivity index (χ1v) is 7.28. The number of rotatable bonds is 4. The molecule has 0 aliphatic carbocycles. The molecule has 0 saturated heterocycles. The van der Waals surface area contributed by atoms with E-state index in [0.717, 1.165) is 6.42 Å². The highest BCUT2D eigenvalue weighted by Gasteiger charge is 2.23. The van der Waals surface area contributed by atoms with Crippen LogP contribution in [0.2, 0.25) is 0 Å². The van der Waals surface area contributed by atoms with Crippen molar-refractivity contribution in [2.24, 2.45) is 0 Å². The smallest absolute Gasteiger partial charge is 0.232 e. The van der Waals surface area contributed by atoms with E-state index in [-0.39, 0.29) is 18.2 Å². The Bertz CT molecular complexity index is 495. The summed E-state index contributed by atoms with van der Waals surface area (Å²) in [6.45, 7) is 6.52. The van der Waals surface area contributed by atoms with Crippen LogP contribution < -0.4 is 0 Å². The average molecular weight is 274 g/mol. The lowest BCUT2D eigenvalue weighted by Gasteiger charge is -2.29. The maximum absolute atomic E-state index is 12.2. The molecule has 1 aliphatic rings. The molecule has 1 aromatic carbocycles. The van der Waals surface area contributed by atoms with Gasteiger partial charge in [-0.25, -0.2) is 0 Å². The zero-order chi connectivity index (χ0) is 14.5. The topological polar surface area (TPSA) is 40.6 Å². The predicted molar refractivity (Wildman–Crippen MR) is 78.1 cm³/mol. The quantitative estimate of drug-likeness (QED) is 0.786. The van der Waals surface area contributed by atoms with Crippen molar-refractivity contribution in [3.05, 3.63) is 35.4 Å². The molecule has 0 fully saturated rings. The lowest BCUT2D eigenvalue weighted by molar-refractivity contribution is -0.140. The predicted octanol–water partition coefficient (Wildman–Crippen LogP) is 1.83. The Kier molecular flexibility index (Phi) is 4.77. The molecule has 1 aliphatic heterocycles. The van der Waals surface area contributed by atoms with Crippen LogP contribution in [-0.4, -0.2) is 41.2 Å². The molecule has 0 aromatic heterocycles. The van der Waals surface area contributed by atoms with Gasteiger partial charge in [-0.05, 0) is 31.4 Å². The molecule has 0 saturated carbocycles. The number of hydrogen-bond donors (Lipinski definition) is 0. The lowest BCUT2D eigenvalue weighted by atomic mass is 10.00. The minimum absolute atomic E-state index is 0.0101. The van der Waals surface area contributed by atoms with Crippen LogP contribution in [0.25, 0.3) is 0 Å². The SMILES string of the molecule is CCN(CC)C(=O)CC(=O)N1CCc2ccccc2C1. The summed E-state index contributed by atoms with van der Waals surface area (Å²) < 4.78 is 0. The van der Waals surface area contributed by atoms with E-state index in [9.17, 15) is 9.59 Å². The second-order valence-corrected chi connectivity index (χ2v) is 5.08. The summed E-state index contributed by atoms with van der Waals surface area (Å²) in [7, 11) is 0. The van der Waals surface area contributed by atoms with Gasteiger partial charge in [0.05, 0.1) is 0 Å². The van der Waals surface area contributed by atoms with Gasteiger partial charge >= 0.3 is 0 Å². The third-order valence-corrected chi connectivity index (χ3v) is 3.90. The van der Waals surface area contributed by atoms with Crippen molar-refractivity contribution < 1.29 is 9.59 Å². The highest BCUT2D eigenvalue weighted by molar-refractivity contribution is 5.97. The largest absolute Gasteiger partial charge is 0.343 e. The van der Waals surface area contributed by atoms with Gasteiger partial charge in [0, 0.05) is 26.2 Å². The Morgan fingerprint density at radius 2 is 1.80 bits per heavy atom. The molecule has 0 atom stereocenters. The summed E-state index contributed by atoms with van der Waals surface area (Å²) in [5.74, 6) is -0.129. The van der Waals surface area contributed by atoms with Gasteiger partial charge in [-0.2, -0.15) is 0 Å². The van der Waals surface area contributed by atoms with Crippen LogP contribution in [0.3, 0.4) is 0 Å². The molecule has 0 bridgehead atoms. The van der Waals surface area contributed by atoms with Gasteiger partial charge < -0.3 is 9.80 Å². The van der Waals surface area contributed by atoms with E-state index >= 15 is 0 Å². The van der Waals surface area contributed by atoms with E-state index in [0.29, 0.717) is 26.2 Å². The molecule has 4 nitrogen and oxygen atoms in total. The maximum Gasteiger partial charge on any atom is 0.232 e. The summed E-state index contributed by atoms with van der Waals surface area (Å²) in [5, 5.41) is 0.